The van der Waals surface area contributed by atoms with E-state index in [9.17, 15) is 13.2 Å². The van der Waals surface area contributed by atoms with E-state index >= 15 is 0 Å². The quantitative estimate of drug-likeness (QED) is 0.613. The predicted molar refractivity (Wildman–Crippen MR) is 116 cm³/mol. The maximum atomic E-state index is 12.9. The van der Waals surface area contributed by atoms with E-state index in [-0.39, 0.29) is 17.7 Å². The number of hydrogen-bond donors (Lipinski definition) is 2. The van der Waals surface area contributed by atoms with E-state index in [1.165, 1.54) is 0 Å². The Kier molecular flexibility index (Phi) is 6.34. The van der Waals surface area contributed by atoms with Crippen molar-refractivity contribution < 1.29 is 13.2 Å². The highest BCUT2D eigenvalue weighted by Crippen LogP contribution is 2.23. The third-order valence-electron chi connectivity index (χ3n) is 4.62. The summed E-state index contributed by atoms with van der Waals surface area (Å²) in [4.78, 5) is 12.9. The third kappa shape index (κ3) is 5.45. The number of rotatable bonds is 7. The van der Waals surface area contributed by atoms with Crippen LogP contribution in [0.25, 0.3) is 0 Å². The molecule has 3 aromatic carbocycles. The molecule has 6 heteroatoms. The van der Waals surface area contributed by atoms with Gasteiger partial charge in [-0.1, -0.05) is 60.2 Å². The zero-order valence-corrected chi connectivity index (χ0v) is 17.2. The number of benzene rings is 3. The fourth-order valence-electron chi connectivity index (χ4n) is 2.92. The molecular formula is C23H24N2O3S. The number of sulfonamides is 1. The molecule has 0 radical (unpaired) electrons. The van der Waals surface area contributed by atoms with Crippen LogP contribution < -0.4 is 10.0 Å². The molecule has 0 bridgehead atoms. The van der Waals surface area contributed by atoms with Crippen molar-refractivity contribution in [2.45, 2.75) is 19.9 Å². The molecule has 5 nitrogen and oxygen atoms in total. The van der Waals surface area contributed by atoms with Gasteiger partial charge in [-0.3, -0.25) is 9.52 Å². The van der Waals surface area contributed by atoms with Gasteiger partial charge in [-0.05, 0) is 49.2 Å². The zero-order valence-electron chi connectivity index (χ0n) is 16.4. The molecule has 150 valence electrons. The maximum Gasteiger partial charge on any atom is 0.252 e. The van der Waals surface area contributed by atoms with Crippen LogP contribution in [-0.2, 0) is 10.0 Å². The Morgan fingerprint density at radius 2 is 1.45 bits per heavy atom. The van der Waals surface area contributed by atoms with Gasteiger partial charge in [-0.2, -0.15) is 0 Å². The molecule has 0 aliphatic carbocycles. The van der Waals surface area contributed by atoms with Crippen molar-refractivity contribution in [2.24, 2.45) is 0 Å². The van der Waals surface area contributed by atoms with E-state index in [0.717, 1.165) is 16.7 Å². The second-order valence-corrected chi connectivity index (χ2v) is 8.82. The average Bonchev–Trinajstić information content (AvgIpc) is 2.73. The smallest absolute Gasteiger partial charge is 0.252 e. The van der Waals surface area contributed by atoms with Crippen molar-refractivity contribution >= 4 is 21.6 Å². The summed E-state index contributed by atoms with van der Waals surface area (Å²) < 4.78 is 25.8. The molecule has 0 aromatic heterocycles. The first kappa shape index (κ1) is 20.6. The standard InChI is InChI=1S/C23H24N2O3S/c1-3-29(27,28)25-21-15-13-20(14-16-21)23(26)24-22(18-7-5-4-6-8-18)19-11-9-17(2)10-12-19/h4-16,22,25H,3H2,1-2H3,(H,24,26)/t22-/m1/s1. The minimum atomic E-state index is -3.35. The van der Waals surface area contributed by atoms with E-state index in [1.807, 2.05) is 61.5 Å². The summed E-state index contributed by atoms with van der Waals surface area (Å²) in [5, 5.41) is 3.09. The van der Waals surface area contributed by atoms with E-state index in [0.29, 0.717) is 11.3 Å². The van der Waals surface area contributed by atoms with Crippen LogP contribution in [0.4, 0.5) is 5.69 Å². The number of hydrogen-bond acceptors (Lipinski definition) is 3. The summed E-state index contributed by atoms with van der Waals surface area (Å²) >= 11 is 0. The third-order valence-corrected chi connectivity index (χ3v) is 5.93. The normalized spacial score (nSPS) is 12.2. The Morgan fingerprint density at radius 3 is 2.03 bits per heavy atom. The molecule has 0 heterocycles. The average molecular weight is 409 g/mol. The van der Waals surface area contributed by atoms with Crippen LogP contribution in [-0.4, -0.2) is 20.1 Å². The number of anilines is 1. The van der Waals surface area contributed by atoms with Crippen molar-refractivity contribution in [1.82, 2.24) is 5.32 Å². The number of aryl methyl sites for hydroxylation is 1. The van der Waals surface area contributed by atoms with E-state index in [2.05, 4.69) is 10.0 Å². The van der Waals surface area contributed by atoms with Gasteiger partial charge in [-0.15, -0.1) is 0 Å². The monoisotopic (exact) mass is 408 g/mol. The molecule has 0 spiro atoms. The Balaban J connectivity index is 1.82. The fraction of sp³-hybridized carbons (Fsp3) is 0.174. The highest BCUT2D eigenvalue weighted by atomic mass is 32.2. The lowest BCUT2D eigenvalue weighted by Gasteiger charge is -2.20. The first-order valence-electron chi connectivity index (χ1n) is 9.41. The maximum absolute atomic E-state index is 12.9. The van der Waals surface area contributed by atoms with Crippen molar-refractivity contribution in [1.29, 1.82) is 0 Å². The summed E-state index contributed by atoms with van der Waals surface area (Å²) in [7, 11) is -3.35. The van der Waals surface area contributed by atoms with Gasteiger partial charge in [0.2, 0.25) is 10.0 Å². The second-order valence-electron chi connectivity index (χ2n) is 6.81. The van der Waals surface area contributed by atoms with Gasteiger partial charge < -0.3 is 5.32 Å². The molecule has 2 N–H and O–H groups in total. The number of carbonyl (C=O) groups excluding carboxylic acids is 1. The first-order chi connectivity index (χ1) is 13.9. The van der Waals surface area contributed by atoms with Crippen LogP contribution >= 0.6 is 0 Å². The van der Waals surface area contributed by atoms with E-state index in [1.54, 1.807) is 31.2 Å². The predicted octanol–water partition coefficient (Wildman–Crippen LogP) is 4.28. The summed E-state index contributed by atoms with van der Waals surface area (Å²) in [6, 6.07) is 24.0. The van der Waals surface area contributed by atoms with Gasteiger partial charge in [0.25, 0.3) is 5.91 Å². The Morgan fingerprint density at radius 1 is 0.862 bits per heavy atom. The Labute approximate surface area is 171 Å². The number of amides is 1. The van der Waals surface area contributed by atoms with Gasteiger partial charge in [0.1, 0.15) is 0 Å². The van der Waals surface area contributed by atoms with Crippen LogP contribution in [0.3, 0.4) is 0 Å². The molecular weight excluding hydrogens is 384 g/mol. The van der Waals surface area contributed by atoms with Crippen molar-refractivity contribution in [3.63, 3.8) is 0 Å². The van der Waals surface area contributed by atoms with E-state index < -0.39 is 10.0 Å². The SMILES string of the molecule is CCS(=O)(=O)Nc1ccc(C(=O)N[C@H](c2ccccc2)c2ccc(C)cc2)cc1. The molecule has 0 fully saturated rings. The largest absolute Gasteiger partial charge is 0.341 e. The fourth-order valence-corrected chi connectivity index (χ4v) is 3.56. The highest BCUT2D eigenvalue weighted by molar-refractivity contribution is 7.92. The highest BCUT2D eigenvalue weighted by Gasteiger charge is 2.18. The second kappa shape index (κ2) is 8.92. The lowest BCUT2D eigenvalue weighted by atomic mass is 9.97. The van der Waals surface area contributed by atoms with Crippen LogP contribution in [0.2, 0.25) is 0 Å². The topological polar surface area (TPSA) is 75.3 Å². The van der Waals surface area contributed by atoms with Crippen LogP contribution in [0.1, 0.15) is 40.0 Å². The minimum Gasteiger partial charge on any atom is -0.341 e. The van der Waals surface area contributed by atoms with Crippen LogP contribution in [0.5, 0.6) is 0 Å². The molecule has 1 amide bonds. The van der Waals surface area contributed by atoms with Crippen LogP contribution in [0, 0.1) is 6.92 Å². The Bertz CT molecular complexity index is 1060. The zero-order chi connectivity index (χ0) is 20.9. The van der Waals surface area contributed by atoms with Gasteiger partial charge in [0.05, 0.1) is 11.8 Å². The molecule has 29 heavy (non-hydrogen) atoms. The lowest BCUT2D eigenvalue weighted by molar-refractivity contribution is 0.0943. The van der Waals surface area contributed by atoms with Crippen molar-refractivity contribution in [2.75, 3.05) is 10.5 Å². The van der Waals surface area contributed by atoms with Crippen LogP contribution in [0.15, 0.2) is 78.9 Å². The Hall–Kier alpha value is -3.12. The van der Waals surface area contributed by atoms with Crippen molar-refractivity contribution in [3.8, 4) is 0 Å². The molecule has 0 unspecified atom stereocenters. The van der Waals surface area contributed by atoms with Gasteiger partial charge >= 0.3 is 0 Å². The number of carbonyl (C=O) groups is 1. The number of nitrogens with one attached hydrogen (secondary N) is 2. The molecule has 0 aliphatic rings. The summed E-state index contributed by atoms with van der Waals surface area (Å²) in [5.74, 6) is -0.241. The van der Waals surface area contributed by atoms with Gasteiger partial charge in [0, 0.05) is 11.3 Å². The molecule has 0 aliphatic heterocycles. The lowest BCUT2D eigenvalue weighted by Crippen LogP contribution is -2.29. The first-order valence-corrected chi connectivity index (χ1v) is 11.1. The van der Waals surface area contributed by atoms with E-state index in [4.69, 9.17) is 0 Å². The molecule has 3 rings (SSSR count). The van der Waals surface area contributed by atoms with Crippen molar-refractivity contribution in [3.05, 3.63) is 101 Å². The molecule has 3 aromatic rings. The summed E-state index contributed by atoms with van der Waals surface area (Å²) in [6.45, 7) is 3.59. The van der Waals surface area contributed by atoms with Gasteiger partial charge in [0.15, 0.2) is 0 Å². The molecule has 1 atom stereocenters. The summed E-state index contributed by atoms with van der Waals surface area (Å²) in [5.41, 5.74) is 4.01. The summed E-state index contributed by atoms with van der Waals surface area (Å²) in [6.07, 6.45) is 0. The minimum absolute atomic E-state index is 0.00938. The van der Waals surface area contributed by atoms with Gasteiger partial charge in [-0.25, -0.2) is 8.42 Å². The molecule has 0 saturated carbocycles. The molecule has 0 saturated heterocycles.